The number of pyridine rings is 2. The maximum absolute atomic E-state index is 12.7. The Bertz CT molecular complexity index is 1080. The Morgan fingerprint density at radius 3 is 2.34 bits per heavy atom. The molecule has 1 atom stereocenters. The van der Waals surface area contributed by atoms with E-state index >= 15 is 0 Å². The van der Waals surface area contributed by atoms with E-state index < -0.39 is 0 Å². The van der Waals surface area contributed by atoms with E-state index in [1.165, 1.54) is 0 Å². The molecule has 0 bridgehead atoms. The quantitative estimate of drug-likeness (QED) is 0.461. The smallest absolute Gasteiger partial charge is 0.256 e. The summed E-state index contributed by atoms with van der Waals surface area (Å²) >= 11 is 1.55. The van der Waals surface area contributed by atoms with Crippen LogP contribution < -0.4 is 10.6 Å². The highest BCUT2D eigenvalue weighted by molar-refractivity contribution is 7.16. The summed E-state index contributed by atoms with van der Waals surface area (Å²) in [7, 11) is 0. The van der Waals surface area contributed by atoms with E-state index in [0.717, 1.165) is 27.0 Å². The maximum atomic E-state index is 12.7. The molecule has 0 radical (unpaired) electrons. The number of thiophene rings is 1. The number of hydrogen-bond donors (Lipinski definition) is 2. The molecule has 0 aliphatic carbocycles. The Morgan fingerprint density at radius 2 is 1.66 bits per heavy atom. The van der Waals surface area contributed by atoms with Gasteiger partial charge in [-0.3, -0.25) is 9.78 Å². The van der Waals surface area contributed by atoms with Crippen LogP contribution in [-0.2, 0) is 0 Å². The summed E-state index contributed by atoms with van der Waals surface area (Å²) in [6.07, 6.45) is 3.51. The Labute approximate surface area is 173 Å². The van der Waals surface area contributed by atoms with E-state index in [1.54, 1.807) is 35.9 Å². The van der Waals surface area contributed by atoms with E-state index in [0.29, 0.717) is 5.56 Å². The second kappa shape index (κ2) is 8.67. The molecular weight excluding hydrogens is 380 g/mol. The number of aromatic nitrogens is 2. The molecule has 5 nitrogen and oxygen atoms in total. The highest BCUT2D eigenvalue weighted by Gasteiger charge is 2.23. The highest BCUT2D eigenvalue weighted by atomic mass is 32.1. The van der Waals surface area contributed by atoms with Crippen LogP contribution in [0, 0.1) is 6.92 Å². The number of nitrogens with one attached hydrogen (secondary N) is 2. The number of aryl methyl sites for hydroxylation is 1. The predicted molar refractivity (Wildman–Crippen MR) is 117 cm³/mol. The number of nitrogens with zero attached hydrogens (tertiary/aromatic N) is 2. The van der Waals surface area contributed by atoms with Gasteiger partial charge in [-0.25, -0.2) is 4.98 Å². The van der Waals surface area contributed by atoms with Crippen molar-refractivity contribution in [2.75, 3.05) is 10.6 Å². The normalized spacial score (nSPS) is 11.6. The van der Waals surface area contributed by atoms with Crippen LogP contribution in [0.4, 0.5) is 10.8 Å². The van der Waals surface area contributed by atoms with Crippen molar-refractivity contribution < 1.29 is 4.79 Å². The minimum Gasteiger partial charge on any atom is -0.357 e. The van der Waals surface area contributed by atoms with E-state index in [2.05, 4.69) is 26.7 Å². The van der Waals surface area contributed by atoms with Crippen LogP contribution in [0.1, 0.15) is 32.5 Å². The minimum atomic E-state index is -0.248. The van der Waals surface area contributed by atoms with Gasteiger partial charge in [0.1, 0.15) is 10.8 Å². The van der Waals surface area contributed by atoms with Crippen LogP contribution in [0.15, 0.2) is 85.2 Å². The van der Waals surface area contributed by atoms with Crippen molar-refractivity contribution in [2.45, 2.75) is 13.0 Å². The van der Waals surface area contributed by atoms with Gasteiger partial charge in [0.05, 0.1) is 11.7 Å². The summed E-state index contributed by atoms with van der Waals surface area (Å²) in [5.41, 5.74) is 2.43. The first-order valence-corrected chi connectivity index (χ1v) is 10.1. The molecule has 1 aromatic carbocycles. The zero-order chi connectivity index (χ0) is 20.1. The third kappa shape index (κ3) is 4.50. The largest absolute Gasteiger partial charge is 0.357 e. The molecule has 0 unspecified atom stereocenters. The van der Waals surface area contributed by atoms with E-state index in [9.17, 15) is 4.79 Å². The number of carbonyl (C=O) groups is 1. The molecule has 0 fully saturated rings. The third-order valence-corrected chi connectivity index (χ3v) is 5.38. The van der Waals surface area contributed by atoms with Gasteiger partial charge in [-0.2, -0.15) is 0 Å². The van der Waals surface area contributed by atoms with Crippen molar-refractivity contribution in [3.8, 4) is 0 Å². The molecule has 0 aliphatic rings. The maximum Gasteiger partial charge on any atom is 0.256 e. The summed E-state index contributed by atoms with van der Waals surface area (Å²) in [4.78, 5) is 22.8. The Morgan fingerprint density at radius 1 is 0.931 bits per heavy atom. The summed E-state index contributed by atoms with van der Waals surface area (Å²) in [5, 5.41) is 7.34. The van der Waals surface area contributed by atoms with Gasteiger partial charge in [-0.1, -0.05) is 30.3 Å². The van der Waals surface area contributed by atoms with Crippen LogP contribution in [0.5, 0.6) is 0 Å². The summed E-state index contributed by atoms with van der Waals surface area (Å²) in [5.74, 6) is 0.610. The average molecular weight is 401 g/mol. The standard InChI is InChI=1S/C23H20N4OS/c1-16-15-18(23(29-16)27-22(28)17-9-3-2-4-10-17)21(19-11-5-7-13-24-19)26-20-12-6-8-14-25-20/h2-15,21H,1H3,(H,25,26)(H,27,28)/t21-/m1/s1. The van der Waals surface area contributed by atoms with Gasteiger partial charge in [0.15, 0.2) is 0 Å². The number of hydrogen-bond acceptors (Lipinski definition) is 5. The van der Waals surface area contributed by atoms with Crippen LogP contribution in [0.2, 0.25) is 0 Å². The molecule has 0 saturated heterocycles. The zero-order valence-electron chi connectivity index (χ0n) is 15.9. The Kier molecular flexibility index (Phi) is 5.63. The lowest BCUT2D eigenvalue weighted by molar-refractivity contribution is 0.102. The fraction of sp³-hybridized carbons (Fsp3) is 0.0870. The fourth-order valence-corrected chi connectivity index (χ4v) is 4.01. The van der Waals surface area contributed by atoms with Gasteiger partial charge in [0, 0.05) is 28.4 Å². The van der Waals surface area contributed by atoms with Crippen LogP contribution in [0.25, 0.3) is 0 Å². The van der Waals surface area contributed by atoms with Crippen molar-refractivity contribution in [1.29, 1.82) is 0 Å². The molecule has 29 heavy (non-hydrogen) atoms. The molecule has 4 rings (SSSR count). The van der Waals surface area contributed by atoms with Gasteiger partial charge in [0.2, 0.25) is 0 Å². The molecule has 6 heteroatoms. The first-order chi connectivity index (χ1) is 14.2. The van der Waals surface area contributed by atoms with Crippen molar-refractivity contribution in [2.24, 2.45) is 0 Å². The molecule has 0 aliphatic heterocycles. The lowest BCUT2D eigenvalue weighted by Gasteiger charge is -2.20. The van der Waals surface area contributed by atoms with Crippen LogP contribution >= 0.6 is 11.3 Å². The second-order valence-corrected chi connectivity index (χ2v) is 7.76. The molecule has 3 heterocycles. The highest BCUT2D eigenvalue weighted by Crippen LogP contribution is 2.36. The first kappa shape index (κ1) is 18.8. The molecular formula is C23H20N4OS. The number of benzene rings is 1. The van der Waals surface area contributed by atoms with Crippen molar-refractivity contribution >= 4 is 28.1 Å². The molecule has 0 saturated carbocycles. The molecule has 2 N–H and O–H groups in total. The van der Waals surface area contributed by atoms with Gasteiger partial charge < -0.3 is 10.6 Å². The van der Waals surface area contributed by atoms with Crippen molar-refractivity contribution in [3.05, 3.63) is 107 Å². The van der Waals surface area contributed by atoms with Crippen LogP contribution in [-0.4, -0.2) is 15.9 Å². The summed E-state index contributed by atoms with van der Waals surface area (Å²) in [6, 6.07) is 22.6. The van der Waals surface area contributed by atoms with Gasteiger partial charge in [-0.05, 0) is 49.4 Å². The number of carbonyl (C=O) groups excluding carboxylic acids is 1. The molecule has 0 spiro atoms. The zero-order valence-corrected chi connectivity index (χ0v) is 16.7. The lowest BCUT2D eigenvalue weighted by atomic mass is 10.0. The van der Waals surface area contributed by atoms with Crippen molar-refractivity contribution in [1.82, 2.24) is 9.97 Å². The number of amides is 1. The summed E-state index contributed by atoms with van der Waals surface area (Å²) < 4.78 is 0. The average Bonchev–Trinajstić information content (AvgIpc) is 3.13. The van der Waals surface area contributed by atoms with E-state index in [4.69, 9.17) is 0 Å². The lowest BCUT2D eigenvalue weighted by Crippen LogP contribution is -2.17. The fourth-order valence-electron chi connectivity index (χ4n) is 3.06. The Hall–Kier alpha value is -3.51. The molecule has 144 valence electrons. The van der Waals surface area contributed by atoms with Crippen LogP contribution in [0.3, 0.4) is 0 Å². The minimum absolute atomic E-state index is 0.133. The topological polar surface area (TPSA) is 66.9 Å². The van der Waals surface area contributed by atoms with Gasteiger partial charge in [-0.15, -0.1) is 11.3 Å². The molecule has 1 amide bonds. The van der Waals surface area contributed by atoms with Gasteiger partial charge in [0.25, 0.3) is 5.91 Å². The van der Waals surface area contributed by atoms with E-state index in [1.807, 2.05) is 61.5 Å². The van der Waals surface area contributed by atoms with Crippen molar-refractivity contribution in [3.63, 3.8) is 0 Å². The first-order valence-electron chi connectivity index (χ1n) is 9.26. The van der Waals surface area contributed by atoms with E-state index in [-0.39, 0.29) is 11.9 Å². The number of rotatable bonds is 6. The molecule has 3 aromatic heterocycles. The van der Waals surface area contributed by atoms with Gasteiger partial charge >= 0.3 is 0 Å². The Balaban J connectivity index is 1.70. The predicted octanol–water partition coefficient (Wildman–Crippen LogP) is 5.30. The SMILES string of the molecule is Cc1cc([C@@H](Nc2ccccn2)c2ccccn2)c(NC(=O)c2ccccc2)s1. The second-order valence-electron chi connectivity index (χ2n) is 6.51. The third-order valence-electron chi connectivity index (χ3n) is 4.40. The monoisotopic (exact) mass is 400 g/mol. The number of anilines is 2. The molecule has 4 aromatic rings. The summed E-state index contributed by atoms with van der Waals surface area (Å²) in [6.45, 7) is 2.03.